The summed E-state index contributed by atoms with van der Waals surface area (Å²) in [5, 5.41) is 3.41. The van der Waals surface area contributed by atoms with E-state index in [0.29, 0.717) is 28.6 Å². The summed E-state index contributed by atoms with van der Waals surface area (Å²) in [6.07, 6.45) is 0. The summed E-state index contributed by atoms with van der Waals surface area (Å²) in [7, 11) is 0. The Morgan fingerprint density at radius 2 is 1.79 bits per heavy atom. The van der Waals surface area contributed by atoms with Crippen LogP contribution in [0.4, 0.5) is 5.69 Å². The van der Waals surface area contributed by atoms with Crippen molar-refractivity contribution in [1.29, 1.82) is 0 Å². The highest BCUT2D eigenvalue weighted by Gasteiger charge is 2.25. The Balaban J connectivity index is 2.01. The van der Waals surface area contributed by atoms with Crippen molar-refractivity contribution >= 4 is 29.2 Å². The molecule has 3 aromatic rings. The molecule has 0 atom stereocenters. The molecule has 2 aromatic carbocycles. The van der Waals surface area contributed by atoms with Crippen LogP contribution in [0.5, 0.6) is 0 Å². The van der Waals surface area contributed by atoms with Gasteiger partial charge in [-0.25, -0.2) is 4.79 Å². The number of carbonyl (C=O) groups is 2. The number of carbonyl (C=O) groups excluding carboxylic acids is 2. The maximum atomic E-state index is 12.8. The SMILES string of the molecule is CCOC(=O)c1c(C)c(-c2ccccc2)n(CC(=O)Nc2cccc(Cl)c2)c1C. The van der Waals surface area contributed by atoms with Gasteiger partial charge < -0.3 is 14.6 Å². The molecule has 1 N–H and O–H groups in total. The van der Waals surface area contributed by atoms with E-state index >= 15 is 0 Å². The maximum Gasteiger partial charge on any atom is 0.340 e. The minimum absolute atomic E-state index is 0.0584. The molecule has 5 nitrogen and oxygen atoms in total. The summed E-state index contributed by atoms with van der Waals surface area (Å²) < 4.78 is 7.10. The van der Waals surface area contributed by atoms with Crippen LogP contribution in [0, 0.1) is 13.8 Å². The summed E-state index contributed by atoms with van der Waals surface area (Å²) in [6.45, 7) is 5.84. The highest BCUT2D eigenvalue weighted by Crippen LogP contribution is 2.31. The predicted molar refractivity (Wildman–Crippen MR) is 115 cm³/mol. The first-order chi connectivity index (χ1) is 13.9. The van der Waals surface area contributed by atoms with Gasteiger partial charge in [0, 0.05) is 16.4 Å². The number of nitrogens with one attached hydrogen (secondary N) is 1. The number of rotatable bonds is 6. The van der Waals surface area contributed by atoms with E-state index in [1.165, 1.54) is 0 Å². The smallest absolute Gasteiger partial charge is 0.340 e. The number of hydrogen-bond donors (Lipinski definition) is 1. The van der Waals surface area contributed by atoms with Crippen LogP contribution in [0.2, 0.25) is 5.02 Å². The van der Waals surface area contributed by atoms with Crippen LogP contribution >= 0.6 is 11.6 Å². The van der Waals surface area contributed by atoms with Gasteiger partial charge in [-0.05, 0) is 50.1 Å². The van der Waals surface area contributed by atoms with E-state index in [1.807, 2.05) is 48.7 Å². The Morgan fingerprint density at radius 3 is 2.45 bits per heavy atom. The number of benzene rings is 2. The molecular formula is C23H23ClN2O3. The van der Waals surface area contributed by atoms with Gasteiger partial charge in [0.25, 0.3) is 0 Å². The molecule has 1 amide bonds. The van der Waals surface area contributed by atoms with Crippen LogP contribution in [-0.4, -0.2) is 23.1 Å². The van der Waals surface area contributed by atoms with E-state index in [4.69, 9.17) is 16.3 Å². The molecule has 0 aliphatic carbocycles. The molecule has 0 saturated heterocycles. The number of halogens is 1. The van der Waals surface area contributed by atoms with Crippen LogP contribution in [0.15, 0.2) is 54.6 Å². The first-order valence-electron chi connectivity index (χ1n) is 9.40. The third-order valence-electron chi connectivity index (χ3n) is 4.70. The van der Waals surface area contributed by atoms with Gasteiger partial charge in [-0.15, -0.1) is 0 Å². The van der Waals surface area contributed by atoms with Gasteiger partial charge in [0.15, 0.2) is 0 Å². The van der Waals surface area contributed by atoms with Gasteiger partial charge in [-0.3, -0.25) is 4.79 Å². The van der Waals surface area contributed by atoms with Crippen LogP contribution in [0.1, 0.15) is 28.5 Å². The molecule has 0 spiro atoms. The second-order valence-corrected chi connectivity index (χ2v) is 7.10. The quantitative estimate of drug-likeness (QED) is 0.565. The highest BCUT2D eigenvalue weighted by atomic mass is 35.5. The average molecular weight is 411 g/mol. The number of aromatic nitrogens is 1. The minimum Gasteiger partial charge on any atom is -0.462 e. The Labute approximate surface area is 175 Å². The number of esters is 1. The van der Waals surface area contributed by atoms with E-state index in [2.05, 4.69) is 5.32 Å². The standard InChI is InChI=1S/C23H23ClN2O3/c1-4-29-23(28)21-15(2)22(17-9-6-5-7-10-17)26(16(21)3)14-20(27)25-19-12-8-11-18(24)13-19/h5-13H,4,14H2,1-3H3,(H,25,27). The third-order valence-corrected chi connectivity index (χ3v) is 4.94. The van der Waals surface area contributed by atoms with Crippen molar-refractivity contribution in [3.8, 4) is 11.3 Å². The van der Waals surface area contributed by atoms with Crippen molar-refractivity contribution in [2.24, 2.45) is 0 Å². The van der Waals surface area contributed by atoms with Crippen LogP contribution < -0.4 is 5.32 Å². The molecule has 0 bridgehead atoms. The molecule has 6 heteroatoms. The normalized spacial score (nSPS) is 10.6. The number of nitrogens with zero attached hydrogens (tertiary/aromatic N) is 1. The maximum absolute atomic E-state index is 12.8. The highest BCUT2D eigenvalue weighted by molar-refractivity contribution is 6.30. The second kappa shape index (κ2) is 8.97. The van der Waals surface area contributed by atoms with Crippen molar-refractivity contribution in [2.45, 2.75) is 27.3 Å². The summed E-state index contributed by atoms with van der Waals surface area (Å²) in [5.74, 6) is -0.591. The largest absolute Gasteiger partial charge is 0.462 e. The van der Waals surface area contributed by atoms with Crippen LogP contribution in [0.3, 0.4) is 0 Å². The Hall–Kier alpha value is -3.05. The predicted octanol–water partition coefficient (Wildman–Crippen LogP) is 5.24. The minimum atomic E-state index is -0.381. The van der Waals surface area contributed by atoms with Crippen molar-refractivity contribution in [3.05, 3.63) is 76.4 Å². The van der Waals surface area contributed by atoms with E-state index in [1.54, 1.807) is 31.2 Å². The third kappa shape index (κ3) is 4.51. The lowest BCUT2D eigenvalue weighted by atomic mass is 10.1. The van der Waals surface area contributed by atoms with Crippen molar-refractivity contribution in [2.75, 3.05) is 11.9 Å². The van der Waals surface area contributed by atoms with Gasteiger partial charge in [-0.2, -0.15) is 0 Å². The molecule has 0 aliphatic heterocycles. The lowest BCUT2D eigenvalue weighted by Crippen LogP contribution is -2.20. The van der Waals surface area contributed by atoms with Gasteiger partial charge in [-0.1, -0.05) is 48.0 Å². The molecule has 0 aliphatic rings. The zero-order valence-corrected chi connectivity index (χ0v) is 17.4. The summed E-state index contributed by atoms with van der Waals surface area (Å²) in [4.78, 5) is 25.3. The zero-order valence-electron chi connectivity index (χ0n) is 16.7. The van der Waals surface area contributed by atoms with Gasteiger partial charge in [0.2, 0.25) is 5.91 Å². The van der Waals surface area contributed by atoms with Gasteiger partial charge >= 0.3 is 5.97 Å². The van der Waals surface area contributed by atoms with E-state index < -0.39 is 0 Å². The average Bonchev–Trinajstić information content (AvgIpc) is 2.92. The zero-order chi connectivity index (χ0) is 21.0. The molecule has 29 heavy (non-hydrogen) atoms. The molecule has 0 saturated carbocycles. The number of hydrogen-bond acceptors (Lipinski definition) is 3. The van der Waals surface area contributed by atoms with E-state index in [-0.39, 0.29) is 18.4 Å². The Bertz CT molecular complexity index is 1040. The molecule has 0 unspecified atom stereocenters. The van der Waals surface area contributed by atoms with E-state index in [0.717, 1.165) is 16.8 Å². The molecule has 150 valence electrons. The fourth-order valence-electron chi connectivity index (χ4n) is 3.48. The van der Waals surface area contributed by atoms with Crippen molar-refractivity contribution in [1.82, 2.24) is 4.57 Å². The first kappa shape index (κ1) is 20.7. The van der Waals surface area contributed by atoms with E-state index in [9.17, 15) is 9.59 Å². The second-order valence-electron chi connectivity index (χ2n) is 6.67. The fourth-order valence-corrected chi connectivity index (χ4v) is 3.67. The molecule has 0 fully saturated rings. The number of amides is 1. The first-order valence-corrected chi connectivity index (χ1v) is 9.77. The monoisotopic (exact) mass is 410 g/mol. The molecule has 3 rings (SSSR count). The Kier molecular flexibility index (Phi) is 6.39. The lowest BCUT2D eigenvalue weighted by Gasteiger charge is -2.13. The van der Waals surface area contributed by atoms with Gasteiger partial charge in [0.1, 0.15) is 6.54 Å². The van der Waals surface area contributed by atoms with Crippen LogP contribution in [0.25, 0.3) is 11.3 Å². The van der Waals surface area contributed by atoms with Crippen LogP contribution in [-0.2, 0) is 16.1 Å². The molecule has 1 heterocycles. The molecule has 0 radical (unpaired) electrons. The van der Waals surface area contributed by atoms with Crippen molar-refractivity contribution < 1.29 is 14.3 Å². The summed E-state index contributed by atoms with van der Waals surface area (Å²) in [5.41, 5.74) is 4.37. The topological polar surface area (TPSA) is 60.3 Å². The molecule has 1 aromatic heterocycles. The summed E-state index contributed by atoms with van der Waals surface area (Å²) >= 11 is 6.00. The van der Waals surface area contributed by atoms with Gasteiger partial charge in [0.05, 0.1) is 17.9 Å². The number of anilines is 1. The fraction of sp³-hybridized carbons (Fsp3) is 0.217. The Morgan fingerprint density at radius 1 is 1.07 bits per heavy atom. The summed E-state index contributed by atoms with van der Waals surface area (Å²) in [6, 6.07) is 16.7. The molecular weight excluding hydrogens is 388 g/mol. The number of ether oxygens (including phenoxy) is 1. The van der Waals surface area contributed by atoms with Crippen molar-refractivity contribution in [3.63, 3.8) is 0 Å². The lowest BCUT2D eigenvalue weighted by molar-refractivity contribution is -0.116.